The molecule has 0 radical (unpaired) electrons. The van der Waals surface area contributed by atoms with Crippen molar-refractivity contribution in [3.8, 4) is 0 Å². The Balaban J connectivity index is 2.98. The third-order valence-corrected chi connectivity index (χ3v) is 2.86. The lowest BCUT2D eigenvalue weighted by Gasteiger charge is -2.22. The highest BCUT2D eigenvalue weighted by atomic mass is 16.3. The standard InChI is InChI=1S/C12H23N5O/c1-5-10-14-11(16-13)9(3)12(15-10)17(4)7-6-8(2)18/h8,18H,5-7,13H2,1-4H3,(H,14,15,16). The first-order chi connectivity index (χ1) is 8.49. The summed E-state index contributed by atoms with van der Waals surface area (Å²) >= 11 is 0. The SMILES string of the molecule is CCc1nc(NN)c(C)c(N(C)CCC(C)O)n1. The van der Waals surface area contributed by atoms with Crippen molar-refractivity contribution in [2.24, 2.45) is 5.84 Å². The normalized spacial score (nSPS) is 12.3. The molecule has 18 heavy (non-hydrogen) atoms. The van der Waals surface area contributed by atoms with Gasteiger partial charge in [-0.25, -0.2) is 15.8 Å². The van der Waals surface area contributed by atoms with Crippen molar-refractivity contribution in [3.05, 3.63) is 11.4 Å². The fourth-order valence-corrected chi connectivity index (χ4v) is 1.71. The highest BCUT2D eigenvalue weighted by Crippen LogP contribution is 2.22. The van der Waals surface area contributed by atoms with Crippen LogP contribution in [-0.2, 0) is 6.42 Å². The number of anilines is 2. The van der Waals surface area contributed by atoms with Crippen LogP contribution < -0.4 is 16.2 Å². The van der Waals surface area contributed by atoms with Crippen molar-refractivity contribution < 1.29 is 5.11 Å². The number of hydrazine groups is 1. The molecule has 102 valence electrons. The van der Waals surface area contributed by atoms with Gasteiger partial charge >= 0.3 is 0 Å². The Morgan fingerprint density at radius 1 is 1.44 bits per heavy atom. The quantitative estimate of drug-likeness (QED) is 0.514. The van der Waals surface area contributed by atoms with Gasteiger partial charge in [0.15, 0.2) is 0 Å². The van der Waals surface area contributed by atoms with E-state index in [1.165, 1.54) is 0 Å². The van der Waals surface area contributed by atoms with E-state index in [4.69, 9.17) is 5.84 Å². The topological polar surface area (TPSA) is 87.3 Å². The van der Waals surface area contributed by atoms with Crippen LogP contribution >= 0.6 is 0 Å². The first kappa shape index (κ1) is 14.7. The van der Waals surface area contributed by atoms with Crippen molar-refractivity contribution in [2.45, 2.75) is 39.7 Å². The summed E-state index contributed by atoms with van der Waals surface area (Å²) < 4.78 is 0. The van der Waals surface area contributed by atoms with Crippen molar-refractivity contribution in [1.29, 1.82) is 0 Å². The van der Waals surface area contributed by atoms with E-state index in [1.807, 2.05) is 25.8 Å². The van der Waals surface area contributed by atoms with E-state index in [0.29, 0.717) is 12.2 Å². The maximum absolute atomic E-state index is 9.33. The average molecular weight is 253 g/mol. The second-order valence-electron chi connectivity index (χ2n) is 4.49. The van der Waals surface area contributed by atoms with E-state index in [1.54, 1.807) is 6.92 Å². The summed E-state index contributed by atoms with van der Waals surface area (Å²) in [6.45, 7) is 6.46. The number of nitrogens with zero attached hydrogens (tertiary/aromatic N) is 3. The summed E-state index contributed by atoms with van der Waals surface area (Å²) in [5.74, 6) is 7.73. The van der Waals surface area contributed by atoms with Gasteiger partial charge in [0.05, 0.1) is 6.10 Å². The number of aliphatic hydroxyl groups excluding tert-OH is 1. The fourth-order valence-electron chi connectivity index (χ4n) is 1.71. The lowest BCUT2D eigenvalue weighted by atomic mass is 10.2. The molecule has 0 fully saturated rings. The number of nitrogens with one attached hydrogen (secondary N) is 1. The van der Waals surface area contributed by atoms with Crippen LogP contribution in [0.5, 0.6) is 0 Å². The number of nitrogens with two attached hydrogens (primary N) is 1. The van der Waals surface area contributed by atoms with Gasteiger partial charge < -0.3 is 15.4 Å². The molecule has 6 heteroatoms. The highest BCUT2D eigenvalue weighted by Gasteiger charge is 2.13. The third-order valence-electron chi connectivity index (χ3n) is 2.86. The molecule has 1 aromatic rings. The Morgan fingerprint density at radius 3 is 2.61 bits per heavy atom. The zero-order chi connectivity index (χ0) is 13.7. The number of hydrogen-bond donors (Lipinski definition) is 3. The lowest BCUT2D eigenvalue weighted by molar-refractivity contribution is 0.187. The summed E-state index contributed by atoms with van der Waals surface area (Å²) in [6.07, 6.45) is 1.14. The van der Waals surface area contributed by atoms with Gasteiger partial charge in [0, 0.05) is 25.6 Å². The Labute approximate surface area is 108 Å². The molecule has 1 atom stereocenters. The van der Waals surface area contributed by atoms with Crippen molar-refractivity contribution in [1.82, 2.24) is 9.97 Å². The van der Waals surface area contributed by atoms with Gasteiger partial charge in [0.25, 0.3) is 0 Å². The Bertz CT molecular complexity index is 394. The van der Waals surface area contributed by atoms with E-state index < -0.39 is 0 Å². The van der Waals surface area contributed by atoms with Crippen LogP contribution in [0.4, 0.5) is 11.6 Å². The number of aryl methyl sites for hydroxylation is 1. The van der Waals surface area contributed by atoms with E-state index in [0.717, 1.165) is 30.2 Å². The number of hydrogen-bond acceptors (Lipinski definition) is 6. The van der Waals surface area contributed by atoms with Crippen molar-refractivity contribution in [3.63, 3.8) is 0 Å². The van der Waals surface area contributed by atoms with Crippen LogP contribution in [0.2, 0.25) is 0 Å². The molecule has 0 aliphatic heterocycles. The summed E-state index contributed by atoms with van der Waals surface area (Å²) in [7, 11) is 1.96. The maximum Gasteiger partial charge on any atom is 0.148 e. The zero-order valence-corrected chi connectivity index (χ0v) is 11.6. The molecule has 0 spiro atoms. The summed E-state index contributed by atoms with van der Waals surface area (Å²) in [5, 5.41) is 9.33. The molecular formula is C12H23N5O. The first-order valence-electron chi connectivity index (χ1n) is 6.22. The van der Waals surface area contributed by atoms with Gasteiger partial charge in [-0.15, -0.1) is 0 Å². The number of aromatic nitrogens is 2. The largest absolute Gasteiger partial charge is 0.393 e. The van der Waals surface area contributed by atoms with Gasteiger partial charge in [0.2, 0.25) is 0 Å². The van der Waals surface area contributed by atoms with Crippen LogP contribution in [0.1, 0.15) is 31.7 Å². The summed E-state index contributed by atoms with van der Waals surface area (Å²) in [4.78, 5) is 10.9. The van der Waals surface area contributed by atoms with E-state index in [-0.39, 0.29) is 6.10 Å². The molecule has 1 rings (SSSR count). The number of aliphatic hydroxyl groups is 1. The van der Waals surface area contributed by atoms with Gasteiger partial charge in [-0.1, -0.05) is 6.92 Å². The molecule has 0 amide bonds. The smallest absolute Gasteiger partial charge is 0.148 e. The summed E-state index contributed by atoms with van der Waals surface area (Å²) in [6, 6.07) is 0. The fraction of sp³-hybridized carbons (Fsp3) is 0.667. The molecule has 6 nitrogen and oxygen atoms in total. The molecule has 0 aliphatic rings. The van der Waals surface area contributed by atoms with Crippen molar-refractivity contribution >= 4 is 11.6 Å². The lowest BCUT2D eigenvalue weighted by Crippen LogP contribution is -2.25. The molecule has 1 aromatic heterocycles. The van der Waals surface area contributed by atoms with Crippen LogP contribution in [0.15, 0.2) is 0 Å². The first-order valence-corrected chi connectivity index (χ1v) is 6.22. The molecule has 1 unspecified atom stereocenters. The van der Waals surface area contributed by atoms with Gasteiger partial charge in [-0.3, -0.25) is 0 Å². The number of nitrogen functional groups attached to an aromatic ring is 1. The molecule has 0 saturated carbocycles. The number of rotatable bonds is 6. The molecule has 0 aliphatic carbocycles. The molecule has 0 saturated heterocycles. The molecular weight excluding hydrogens is 230 g/mol. The molecule has 4 N–H and O–H groups in total. The van der Waals surface area contributed by atoms with Crippen LogP contribution in [0.25, 0.3) is 0 Å². The van der Waals surface area contributed by atoms with Crippen LogP contribution in [0.3, 0.4) is 0 Å². The van der Waals surface area contributed by atoms with Crippen LogP contribution in [0, 0.1) is 6.92 Å². The molecule has 0 aromatic carbocycles. The van der Waals surface area contributed by atoms with Crippen molar-refractivity contribution in [2.75, 3.05) is 23.9 Å². The predicted molar refractivity (Wildman–Crippen MR) is 73.5 cm³/mol. The second kappa shape index (κ2) is 6.51. The Kier molecular flexibility index (Phi) is 5.30. The van der Waals surface area contributed by atoms with Crippen LogP contribution in [-0.4, -0.2) is 34.8 Å². The maximum atomic E-state index is 9.33. The molecule has 0 bridgehead atoms. The highest BCUT2D eigenvalue weighted by molar-refractivity contribution is 5.57. The minimum atomic E-state index is -0.313. The van der Waals surface area contributed by atoms with E-state index in [2.05, 4.69) is 15.4 Å². The average Bonchev–Trinajstić information content (AvgIpc) is 2.36. The summed E-state index contributed by atoms with van der Waals surface area (Å²) in [5.41, 5.74) is 3.52. The Hall–Kier alpha value is -1.40. The monoisotopic (exact) mass is 253 g/mol. The van der Waals surface area contributed by atoms with E-state index in [9.17, 15) is 5.11 Å². The van der Waals surface area contributed by atoms with Gasteiger partial charge in [-0.2, -0.15) is 0 Å². The van der Waals surface area contributed by atoms with Gasteiger partial charge in [0.1, 0.15) is 17.5 Å². The minimum Gasteiger partial charge on any atom is -0.393 e. The Morgan fingerprint density at radius 2 is 2.11 bits per heavy atom. The van der Waals surface area contributed by atoms with Gasteiger partial charge in [-0.05, 0) is 20.3 Å². The molecule has 1 heterocycles. The third kappa shape index (κ3) is 3.54. The van der Waals surface area contributed by atoms with E-state index >= 15 is 0 Å². The predicted octanol–water partition coefficient (Wildman–Crippen LogP) is 0.840. The zero-order valence-electron chi connectivity index (χ0n) is 11.6. The second-order valence-corrected chi connectivity index (χ2v) is 4.49. The minimum absolute atomic E-state index is 0.313.